The highest BCUT2D eigenvalue weighted by atomic mass is 19.3. The maximum Gasteiger partial charge on any atom is 0.387 e. The number of rotatable bonds is 6. The molecule has 1 saturated heterocycles. The van der Waals surface area contributed by atoms with Gasteiger partial charge in [-0.2, -0.15) is 8.78 Å². The number of alkyl halides is 2. The van der Waals surface area contributed by atoms with E-state index >= 15 is 0 Å². The smallest absolute Gasteiger partial charge is 0.387 e. The molecule has 0 bridgehead atoms. The average Bonchev–Trinajstić information content (AvgIpc) is 2.42. The number of hydrogen-bond acceptors (Lipinski definition) is 3. The van der Waals surface area contributed by atoms with Crippen molar-refractivity contribution in [3.8, 4) is 5.75 Å². The Kier molecular flexibility index (Phi) is 5.73. The number of halogens is 3. The largest absolute Gasteiger partial charge is 0.432 e. The molecule has 1 aromatic rings. The van der Waals surface area contributed by atoms with Crippen molar-refractivity contribution >= 4 is 5.69 Å². The van der Waals surface area contributed by atoms with Crippen molar-refractivity contribution in [2.45, 2.75) is 51.4 Å². The summed E-state index contributed by atoms with van der Waals surface area (Å²) in [5.74, 6) is -1.23. The first-order chi connectivity index (χ1) is 10.1. The second kappa shape index (κ2) is 7.54. The molecule has 1 aliphatic heterocycles. The number of hydrogen-bond donors (Lipinski definition) is 1. The lowest BCUT2D eigenvalue weighted by atomic mass is 10.00. The van der Waals surface area contributed by atoms with Gasteiger partial charge in [-0.3, -0.25) is 0 Å². The zero-order valence-corrected chi connectivity index (χ0v) is 12.0. The van der Waals surface area contributed by atoms with Crippen LogP contribution >= 0.6 is 0 Å². The van der Waals surface area contributed by atoms with Gasteiger partial charge < -0.3 is 14.8 Å². The standard InChI is InChI=1S/C15H20F3NO2/c1-2-3-12-8-11(6-7-20-12)19-10-4-5-14(13(16)9-10)21-15(17)18/h4-5,9,11-12,15,19H,2-3,6-8H2,1H3. The number of ether oxygens (including phenoxy) is 2. The average molecular weight is 303 g/mol. The lowest BCUT2D eigenvalue weighted by Gasteiger charge is -2.30. The third-order valence-electron chi connectivity index (χ3n) is 3.50. The summed E-state index contributed by atoms with van der Waals surface area (Å²) in [6, 6.07) is 4.15. The van der Waals surface area contributed by atoms with E-state index in [1.807, 2.05) is 0 Å². The van der Waals surface area contributed by atoms with Crippen LogP contribution in [-0.2, 0) is 4.74 Å². The fourth-order valence-corrected chi connectivity index (χ4v) is 2.55. The van der Waals surface area contributed by atoms with E-state index in [9.17, 15) is 13.2 Å². The monoisotopic (exact) mass is 303 g/mol. The molecule has 0 aromatic heterocycles. The molecular weight excluding hydrogens is 283 g/mol. The van der Waals surface area contributed by atoms with Crippen molar-refractivity contribution in [1.29, 1.82) is 0 Å². The van der Waals surface area contributed by atoms with Gasteiger partial charge in [-0.1, -0.05) is 13.3 Å². The van der Waals surface area contributed by atoms with Crippen molar-refractivity contribution in [2.75, 3.05) is 11.9 Å². The molecule has 2 rings (SSSR count). The minimum absolute atomic E-state index is 0.205. The molecule has 118 valence electrons. The number of nitrogens with one attached hydrogen (secondary N) is 1. The topological polar surface area (TPSA) is 30.5 Å². The van der Waals surface area contributed by atoms with Gasteiger partial charge in [0.05, 0.1) is 6.10 Å². The highest BCUT2D eigenvalue weighted by Gasteiger charge is 2.22. The molecule has 0 saturated carbocycles. The molecule has 1 heterocycles. The van der Waals surface area contributed by atoms with Crippen LogP contribution in [0.15, 0.2) is 18.2 Å². The fourth-order valence-electron chi connectivity index (χ4n) is 2.55. The molecule has 0 aliphatic carbocycles. The molecule has 0 radical (unpaired) electrons. The first-order valence-electron chi connectivity index (χ1n) is 7.21. The molecule has 1 aromatic carbocycles. The summed E-state index contributed by atoms with van der Waals surface area (Å²) in [6.45, 7) is -0.238. The van der Waals surface area contributed by atoms with Crippen LogP contribution in [0, 0.1) is 5.82 Å². The van der Waals surface area contributed by atoms with Gasteiger partial charge in [-0.15, -0.1) is 0 Å². The third kappa shape index (κ3) is 4.81. The third-order valence-corrected chi connectivity index (χ3v) is 3.50. The summed E-state index contributed by atoms with van der Waals surface area (Å²) < 4.78 is 47.5. The van der Waals surface area contributed by atoms with E-state index < -0.39 is 18.2 Å². The normalized spacial score (nSPS) is 22.3. The van der Waals surface area contributed by atoms with Crippen LogP contribution in [0.25, 0.3) is 0 Å². The molecular formula is C15H20F3NO2. The van der Waals surface area contributed by atoms with Crippen LogP contribution in [0.5, 0.6) is 5.75 Å². The molecule has 0 spiro atoms. The van der Waals surface area contributed by atoms with Crippen molar-refractivity contribution < 1.29 is 22.6 Å². The van der Waals surface area contributed by atoms with Gasteiger partial charge in [-0.25, -0.2) is 4.39 Å². The van der Waals surface area contributed by atoms with Gasteiger partial charge in [0.25, 0.3) is 0 Å². The Bertz CT molecular complexity index is 455. The van der Waals surface area contributed by atoms with Gasteiger partial charge in [-0.05, 0) is 31.4 Å². The molecule has 21 heavy (non-hydrogen) atoms. The van der Waals surface area contributed by atoms with Crippen LogP contribution in [0.3, 0.4) is 0 Å². The van der Waals surface area contributed by atoms with E-state index in [2.05, 4.69) is 17.0 Å². The predicted molar refractivity (Wildman–Crippen MR) is 74.3 cm³/mol. The summed E-state index contributed by atoms with van der Waals surface area (Å²) in [6.07, 6.45) is 4.01. The summed E-state index contributed by atoms with van der Waals surface area (Å²) in [5.41, 5.74) is 0.566. The van der Waals surface area contributed by atoms with Crippen LogP contribution in [-0.4, -0.2) is 25.4 Å². The molecule has 2 unspecified atom stereocenters. The van der Waals surface area contributed by atoms with E-state index in [0.717, 1.165) is 25.7 Å². The van der Waals surface area contributed by atoms with E-state index in [1.165, 1.54) is 12.1 Å². The maximum atomic E-state index is 13.6. The van der Waals surface area contributed by atoms with Crippen LogP contribution < -0.4 is 10.1 Å². The summed E-state index contributed by atoms with van der Waals surface area (Å²) in [7, 11) is 0. The Balaban J connectivity index is 1.94. The summed E-state index contributed by atoms with van der Waals surface area (Å²) >= 11 is 0. The summed E-state index contributed by atoms with van der Waals surface area (Å²) in [5, 5.41) is 3.23. The fraction of sp³-hybridized carbons (Fsp3) is 0.600. The minimum atomic E-state index is -3.02. The van der Waals surface area contributed by atoms with E-state index in [-0.39, 0.29) is 12.1 Å². The van der Waals surface area contributed by atoms with E-state index in [1.54, 1.807) is 6.07 Å². The zero-order chi connectivity index (χ0) is 15.2. The molecule has 0 amide bonds. The summed E-state index contributed by atoms with van der Waals surface area (Å²) in [4.78, 5) is 0. The highest BCUT2D eigenvalue weighted by Crippen LogP contribution is 2.26. The second-order valence-electron chi connectivity index (χ2n) is 5.17. The Morgan fingerprint density at radius 2 is 2.24 bits per heavy atom. The molecule has 1 N–H and O–H groups in total. The van der Waals surface area contributed by atoms with Crippen molar-refractivity contribution in [3.05, 3.63) is 24.0 Å². The Morgan fingerprint density at radius 1 is 1.43 bits per heavy atom. The molecule has 1 fully saturated rings. The van der Waals surface area contributed by atoms with E-state index in [4.69, 9.17) is 4.74 Å². The molecule has 3 nitrogen and oxygen atoms in total. The minimum Gasteiger partial charge on any atom is -0.432 e. The lowest BCUT2D eigenvalue weighted by Crippen LogP contribution is -2.34. The number of benzene rings is 1. The van der Waals surface area contributed by atoms with Crippen molar-refractivity contribution in [3.63, 3.8) is 0 Å². The molecule has 1 aliphatic rings. The zero-order valence-electron chi connectivity index (χ0n) is 12.0. The number of anilines is 1. The van der Waals surface area contributed by atoms with Crippen LogP contribution in [0.2, 0.25) is 0 Å². The lowest BCUT2D eigenvalue weighted by molar-refractivity contribution is -0.0521. The van der Waals surface area contributed by atoms with Gasteiger partial charge in [0, 0.05) is 24.4 Å². The second-order valence-corrected chi connectivity index (χ2v) is 5.17. The highest BCUT2D eigenvalue weighted by molar-refractivity contribution is 5.48. The van der Waals surface area contributed by atoms with Crippen LogP contribution in [0.4, 0.5) is 18.9 Å². The van der Waals surface area contributed by atoms with Crippen molar-refractivity contribution in [2.24, 2.45) is 0 Å². The molecule has 6 heteroatoms. The predicted octanol–water partition coefficient (Wildman–Crippen LogP) is 4.19. The Labute approximate surface area is 122 Å². The first kappa shape index (κ1) is 15.9. The quantitative estimate of drug-likeness (QED) is 0.855. The Hall–Kier alpha value is -1.43. The van der Waals surface area contributed by atoms with Gasteiger partial charge >= 0.3 is 6.61 Å². The first-order valence-corrected chi connectivity index (χ1v) is 7.21. The van der Waals surface area contributed by atoms with Crippen molar-refractivity contribution in [1.82, 2.24) is 0 Å². The van der Waals surface area contributed by atoms with E-state index in [0.29, 0.717) is 12.3 Å². The van der Waals surface area contributed by atoms with Gasteiger partial charge in [0.15, 0.2) is 11.6 Å². The SMILES string of the molecule is CCCC1CC(Nc2ccc(OC(F)F)c(F)c2)CCO1. The van der Waals surface area contributed by atoms with Crippen LogP contribution in [0.1, 0.15) is 32.6 Å². The van der Waals surface area contributed by atoms with Gasteiger partial charge in [0.2, 0.25) is 0 Å². The van der Waals surface area contributed by atoms with Gasteiger partial charge in [0.1, 0.15) is 0 Å². The maximum absolute atomic E-state index is 13.6. The Morgan fingerprint density at radius 3 is 2.90 bits per heavy atom. The molecule has 2 atom stereocenters.